The molecule has 0 amide bonds. The van der Waals surface area contributed by atoms with Gasteiger partial charge in [0.1, 0.15) is 36.9 Å². The molecule has 2 aromatic carbocycles. The van der Waals surface area contributed by atoms with E-state index in [1.807, 2.05) is 26.0 Å². The molecule has 0 saturated carbocycles. The van der Waals surface area contributed by atoms with Crippen LogP contribution in [0.2, 0.25) is 0 Å². The van der Waals surface area contributed by atoms with E-state index >= 15 is 0 Å². The fourth-order valence-electron chi connectivity index (χ4n) is 4.29. The summed E-state index contributed by atoms with van der Waals surface area (Å²) in [7, 11) is 0. The molecule has 0 aromatic heterocycles. The molecule has 6 nitrogen and oxygen atoms in total. The van der Waals surface area contributed by atoms with Crippen LogP contribution in [0, 0.1) is 0 Å². The van der Waals surface area contributed by atoms with Crippen LogP contribution < -0.4 is 9.47 Å². The predicted octanol–water partition coefficient (Wildman–Crippen LogP) is 7.24. The summed E-state index contributed by atoms with van der Waals surface area (Å²) in [4.78, 5) is 23.0. The van der Waals surface area contributed by atoms with E-state index in [9.17, 15) is 9.59 Å². The van der Waals surface area contributed by atoms with Gasteiger partial charge in [-0.3, -0.25) is 0 Å². The number of carbonyl (C=O) groups is 2. The first-order valence-electron chi connectivity index (χ1n) is 13.7. The van der Waals surface area contributed by atoms with Crippen molar-refractivity contribution < 1.29 is 28.5 Å². The Labute approximate surface area is 245 Å². The van der Waals surface area contributed by atoms with Crippen LogP contribution in [0.3, 0.4) is 0 Å². The van der Waals surface area contributed by atoms with Gasteiger partial charge in [-0.15, -0.1) is 0 Å². The van der Waals surface area contributed by atoms with Gasteiger partial charge in [0.2, 0.25) is 0 Å². The maximum atomic E-state index is 11.5. The Kier molecular flexibility index (Phi) is 12.2. The lowest BCUT2D eigenvalue weighted by Crippen LogP contribution is -2.22. The number of benzene rings is 2. The Morgan fingerprint density at radius 3 is 1.44 bits per heavy atom. The van der Waals surface area contributed by atoms with Crippen molar-refractivity contribution in [2.75, 3.05) is 13.2 Å². The summed E-state index contributed by atoms with van der Waals surface area (Å²) in [5.74, 6) is 0.501. The molecule has 0 heterocycles. The minimum absolute atomic E-state index is 0.225. The number of carbonyl (C=O) groups excluding carboxylic acids is 2. The first-order valence-corrected chi connectivity index (χ1v) is 13.7. The van der Waals surface area contributed by atoms with E-state index in [0.29, 0.717) is 12.8 Å². The predicted molar refractivity (Wildman–Crippen MR) is 165 cm³/mol. The van der Waals surface area contributed by atoms with E-state index in [0.717, 1.165) is 57.1 Å². The topological polar surface area (TPSA) is 71.1 Å². The van der Waals surface area contributed by atoms with Crippen LogP contribution >= 0.6 is 0 Å². The van der Waals surface area contributed by atoms with E-state index in [2.05, 4.69) is 64.4 Å². The van der Waals surface area contributed by atoms with Gasteiger partial charge in [0.15, 0.2) is 0 Å². The van der Waals surface area contributed by atoms with Gasteiger partial charge in [-0.25, -0.2) is 9.59 Å². The highest BCUT2D eigenvalue weighted by Gasteiger charge is 2.26. The van der Waals surface area contributed by atoms with E-state index in [-0.39, 0.29) is 18.6 Å². The molecule has 41 heavy (non-hydrogen) atoms. The lowest BCUT2D eigenvalue weighted by atomic mass is 9.76. The molecule has 0 N–H and O–H groups in total. The zero-order chi connectivity index (χ0) is 30.7. The molecule has 6 heteroatoms. The molecule has 0 saturated heterocycles. The molecule has 2 atom stereocenters. The SMILES string of the molecule is C=CC(=O)OC(C)COc1ccc(C(C)(C)c2ccc(OCC(C)OC(=O)C=C)c(CC(=C)C)c2)cc1CC(=C)C. The van der Waals surface area contributed by atoms with Crippen molar-refractivity contribution in [3.05, 3.63) is 108 Å². The Balaban J connectivity index is 2.36. The van der Waals surface area contributed by atoms with Crippen LogP contribution in [-0.2, 0) is 37.3 Å². The number of rotatable bonds is 16. The van der Waals surface area contributed by atoms with Crippen LogP contribution in [0.25, 0.3) is 0 Å². The van der Waals surface area contributed by atoms with Crippen molar-refractivity contribution in [2.45, 2.75) is 72.0 Å². The Bertz CT molecular complexity index is 1190. The lowest BCUT2D eigenvalue weighted by Gasteiger charge is -2.29. The second kappa shape index (κ2) is 15.1. The average Bonchev–Trinajstić information content (AvgIpc) is 2.90. The Hall–Kier alpha value is -4.06. The van der Waals surface area contributed by atoms with E-state index in [4.69, 9.17) is 18.9 Å². The van der Waals surface area contributed by atoms with E-state index in [1.54, 1.807) is 13.8 Å². The molecule has 2 unspecified atom stereocenters. The fourth-order valence-corrected chi connectivity index (χ4v) is 4.29. The van der Waals surface area contributed by atoms with Crippen molar-refractivity contribution in [3.63, 3.8) is 0 Å². The largest absolute Gasteiger partial charge is 0.489 e. The number of ether oxygens (including phenoxy) is 4. The normalized spacial score (nSPS) is 12.4. The summed E-state index contributed by atoms with van der Waals surface area (Å²) in [6.45, 7) is 27.4. The molecule has 0 aliphatic heterocycles. The Morgan fingerprint density at radius 1 is 0.756 bits per heavy atom. The number of allylic oxidation sites excluding steroid dienone is 2. The maximum Gasteiger partial charge on any atom is 0.330 e. The van der Waals surface area contributed by atoms with E-state index in [1.165, 1.54) is 0 Å². The van der Waals surface area contributed by atoms with Crippen molar-refractivity contribution >= 4 is 11.9 Å². The molecule has 2 rings (SSSR count). The molecule has 0 aliphatic rings. The summed E-state index contributed by atoms with van der Waals surface area (Å²) >= 11 is 0. The highest BCUT2D eigenvalue weighted by atomic mass is 16.6. The minimum atomic E-state index is -0.478. The quantitative estimate of drug-likeness (QED) is 0.122. The van der Waals surface area contributed by atoms with Crippen molar-refractivity contribution in [1.82, 2.24) is 0 Å². The fraction of sp³-hybridized carbons (Fsp3) is 0.371. The van der Waals surface area contributed by atoms with E-state index < -0.39 is 24.1 Å². The lowest BCUT2D eigenvalue weighted by molar-refractivity contribution is -0.144. The average molecular weight is 561 g/mol. The number of hydrogen-bond acceptors (Lipinski definition) is 6. The van der Waals surface area contributed by atoms with Crippen LogP contribution in [0.5, 0.6) is 11.5 Å². The Morgan fingerprint density at radius 2 is 1.12 bits per heavy atom. The monoisotopic (exact) mass is 560 g/mol. The van der Waals surface area contributed by atoms with Crippen molar-refractivity contribution in [3.8, 4) is 11.5 Å². The third kappa shape index (κ3) is 10.1. The summed E-state index contributed by atoms with van der Waals surface area (Å²) in [5.41, 5.74) is 5.93. The van der Waals surface area contributed by atoms with Crippen LogP contribution in [0.1, 0.15) is 63.8 Å². The third-order valence-electron chi connectivity index (χ3n) is 6.46. The first-order chi connectivity index (χ1) is 19.3. The summed E-state index contributed by atoms with van der Waals surface area (Å²) < 4.78 is 22.6. The second-order valence-electron chi connectivity index (χ2n) is 11.1. The molecule has 0 aliphatic carbocycles. The minimum Gasteiger partial charge on any atom is -0.489 e. The molecule has 0 fully saturated rings. The summed E-state index contributed by atoms with van der Waals surface area (Å²) in [6, 6.07) is 12.4. The molecule has 0 spiro atoms. The highest BCUT2D eigenvalue weighted by Crippen LogP contribution is 2.37. The van der Waals surface area contributed by atoms with Crippen LogP contribution in [0.4, 0.5) is 0 Å². The standard InChI is InChI=1S/C35H44O6/c1-11-33(36)40-25(7)21-38-31-15-13-29(19-27(31)17-23(3)4)35(9,10)30-14-16-32(28(20-30)18-24(5)6)39-22-26(8)41-34(37)12-2/h11-16,19-20,25-26H,1-3,5,17-18,21-22H2,4,6-10H3. The van der Waals surface area contributed by atoms with Crippen LogP contribution in [0.15, 0.2) is 86.0 Å². The van der Waals surface area contributed by atoms with Crippen LogP contribution in [-0.4, -0.2) is 37.4 Å². The first kappa shape index (κ1) is 33.1. The van der Waals surface area contributed by atoms with Gasteiger partial charge in [-0.1, -0.05) is 75.6 Å². The number of hydrogen-bond donors (Lipinski definition) is 0. The van der Waals surface area contributed by atoms with Gasteiger partial charge in [-0.2, -0.15) is 0 Å². The van der Waals surface area contributed by atoms with Crippen molar-refractivity contribution in [1.29, 1.82) is 0 Å². The third-order valence-corrected chi connectivity index (χ3v) is 6.46. The molecular formula is C35H44O6. The maximum absolute atomic E-state index is 11.5. The highest BCUT2D eigenvalue weighted by molar-refractivity contribution is 5.81. The van der Waals surface area contributed by atoms with Crippen molar-refractivity contribution in [2.24, 2.45) is 0 Å². The van der Waals surface area contributed by atoms with Gasteiger partial charge >= 0.3 is 11.9 Å². The zero-order valence-corrected chi connectivity index (χ0v) is 25.4. The van der Waals surface area contributed by atoms with Gasteiger partial charge in [0, 0.05) is 17.6 Å². The van der Waals surface area contributed by atoms with Gasteiger partial charge in [-0.05, 0) is 74.9 Å². The molecular weight excluding hydrogens is 516 g/mol. The zero-order valence-electron chi connectivity index (χ0n) is 25.4. The smallest absolute Gasteiger partial charge is 0.330 e. The molecule has 220 valence electrons. The van der Waals surface area contributed by atoms with Gasteiger partial charge < -0.3 is 18.9 Å². The summed E-state index contributed by atoms with van der Waals surface area (Å²) in [6.07, 6.45) is 2.76. The number of esters is 2. The molecule has 0 radical (unpaired) electrons. The second-order valence-corrected chi connectivity index (χ2v) is 11.1. The summed E-state index contributed by atoms with van der Waals surface area (Å²) in [5, 5.41) is 0. The molecule has 2 aromatic rings. The van der Waals surface area contributed by atoms with Gasteiger partial charge in [0.25, 0.3) is 0 Å². The van der Waals surface area contributed by atoms with Gasteiger partial charge in [0.05, 0.1) is 0 Å². The molecule has 0 bridgehead atoms.